The van der Waals surface area contributed by atoms with Crippen molar-refractivity contribution in [2.45, 2.75) is 19.4 Å². The molecule has 84 valence electrons. The van der Waals surface area contributed by atoms with E-state index in [4.69, 9.17) is 0 Å². The number of aromatic nitrogens is 3. The number of imidazole rings is 1. The van der Waals surface area contributed by atoms with Gasteiger partial charge in [0.2, 0.25) is 0 Å². The van der Waals surface area contributed by atoms with Crippen LogP contribution in [0, 0.1) is 6.92 Å². The van der Waals surface area contributed by atoms with Crippen molar-refractivity contribution in [2.75, 3.05) is 0 Å². The van der Waals surface area contributed by atoms with Crippen LogP contribution >= 0.6 is 0 Å². The fourth-order valence-corrected chi connectivity index (χ4v) is 1.66. The van der Waals surface area contributed by atoms with E-state index < -0.39 is 6.10 Å². The lowest BCUT2D eigenvalue weighted by Gasteiger charge is -2.11. The molecule has 0 saturated heterocycles. The second-order valence-electron chi connectivity index (χ2n) is 3.90. The molecule has 1 atom stereocenters. The molecule has 0 radical (unpaired) electrons. The summed E-state index contributed by atoms with van der Waals surface area (Å²) in [6.07, 6.45) is 5.32. The standard InChI is InChI=1S/C12H15N3O/c1-9-7-10(3-4-13-9)11(16)8-12-14-5-6-15(12)2/h3-7,11,16H,8H2,1-2H3. The normalized spacial score (nSPS) is 12.7. The first-order chi connectivity index (χ1) is 7.66. The third-order valence-corrected chi connectivity index (χ3v) is 2.60. The van der Waals surface area contributed by atoms with E-state index in [1.54, 1.807) is 12.4 Å². The maximum atomic E-state index is 10.1. The Kier molecular flexibility index (Phi) is 3.01. The molecule has 16 heavy (non-hydrogen) atoms. The highest BCUT2D eigenvalue weighted by Gasteiger charge is 2.11. The fourth-order valence-electron chi connectivity index (χ4n) is 1.66. The van der Waals surface area contributed by atoms with E-state index in [0.29, 0.717) is 6.42 Å². The summed E-state index contributed by atoms with van der Waals surface area (Å²) >= 11 is 0. The predicted molar refractivity (Wildman–Crippen MR) is 60.8 cm³/mol. The van der Waals surface area contributed by atoms with Gasteiger partial charge in [0, 0.05) is 37.8 Å². The highest BCUT2D eigenvalue weighted by Crippen LogP contribution is 2.17. The summed E-state index contributed by atoms with van der Waals surface area (Å²) in [6.45, 7) is 1.91. The summed E-state index contributed by atoms with van der Waals surface area (Å²) in [4.78, 5) is 8.30. The van der Waals surface area contributed by atoms with Gasteiger partial charge in [-0.2, -0.15) is 0 Å². The third kappa shape index (κ3) is 2.28. The van der Waals surface area contributed by atoms with Crippen molar-refractivity contribution in [1.29, 1.82) is 0 Å². The van der Waals surface area contributed by atoms with Gasteiger partial charge in [0.15, 0.2) is 0 Å². The fraction of sp³-hybridized carbons (Fsp3) is 0.333. The van der Waals surface area contributed by atoms with E-state index in [1.807, 2.05) is 36.9 Å². The highest BCUT2D eigenvalue weighted by molar-refractivity contribution is 5.19. The molecule has 0 aliphatic heterocycles. The molecule has 4 heteroatoms. The molecule has 0 aliphatic rings. The Morgan fingerprint density at radius 2 is 2.19 bits per heavy atom. The second kappa shape index (κ2) is 4.45. The van der Waals surface area contributed by atoms with E-state index >= 15 is 0 Å². The highest BCUT2D eigenvalue weighted by atomic mass is 16.3. The summed E-state index contributed by atoms with van der Waals surface area (Å²) in [5.41, 5.74) is 1.80. The largest absolute Gasteiger partial charge is 0.388 e. The van der Waals surface area contributed by atoms with Gasteiger partial charge in [0.05, 0.1) is 6.10 Å². The molecule has 0 bridgehead atoms. The summed E-state index contributed by atoms with van der Waals surface area (Å²) in [5, 5.41) is 10.1. The van der Waals surface area contributed by atoms with Crippen molar-refractivity contribution in [3.63, 3.8) is 0 Å². The van der Waals surface area contributed by atoms with Crippen LogP contribution in [0.15, 0.2) is 30.7 Å². The van der Waals surface area contributed by atoms with Crippen molar-refractivity contribution < 1.29 is 5.11 Å². The Labute approximate surface area is 94.6 Å². The number of aliphatic hydroxyl groups excluding tert-OH is 1. The van der Waals surface area contributed by atoms with E-state index in [0.717, 1.165) is 17.1 Å². The molecule has 0 spiro atoms. The monoisotopic (exact) mass is 217 g/mol. The lowest BCUT2D eigenvalue weighted by molar-refractivity contribution is 0.174. The van der Waals surface area contributed by atoms with Gasteiger partial charge in [-0.05, 0) is 24.6 Å². The average Bonchev–Trinajstić information content (AvgIpc) is 2.64. The molecule has 4 nitrogen and oxygen atoms in total. The van der Waals surface area contributed by atoms with Crippen LogP contribution in [0.1, 0.15) is 23.2 Å². The maximum Gasteiger partial charge on any atom is 0.111 e. The SMILES string of the molecule is Cc1cc(C(O)Cc2nccn2C)ccn1. The summed E-state index contributed by atoms with van der Waals surface area (Å²) in [7, 11) is 1.92. The van der Waals surface area contributed by atoms with Gasteiger partial charge in [-0.25, -0.2) is 4.98 Å². The Morgan fingerprint density at radius 3 is 2.81 bits per heavy atom. The number of aliphatic hydroxyl groups is 1. The predicted octanol–water partition coefficient (Wildman–Crippen LogP) is 1.40. The van der Waals surface area contributed by atoms with Crippen LogP contribution in [-0.4, -0.2) is 19.6 Å². The zero-order chi connectivity index (χ0) is 11.5. The lowest BCUT2D eigenvalue weighted by atomic mass is 10.1. The van der Waals surface area contributed by atoms with E-state index in [2.05, 4.69) is 9.97 Å². The topological polar surface area (TPSA) is 50.9 Å². The minimum Gasteiger partial charge on any atom is -0.388 e. The molecule has 1 N–H and O–H groups in total. The molecule has 0 aromatic carbocycles. The van der Waals surface area contributed by atoms with Gasteiger partial charge < -0.3 is 9.67 Å². The first kappa shape index (κ1) is 10.8. The Balaban J connectivity index is 2.14. The first-order valence-electron chi connectivity index (χ1n) is 5.23. The van der Waals surface area contributed by atoms with Crippen LogP contribution in [0.2, 0.25) is 0 Å². The molecule has 2 aromatic rings. The lowest BCUT2D eigenvalue weighted by Crippen LogP contribution is -2.07. The molecular formula is C12H15N3O. The number of aryl methyl sites for hydroxylation is 2. The van der Waals surface area contributed by atoms with Crippen molar-refractivity contribution in [2.24, 2.45) is 7.05 Å². The minimum absolute atomic E-state index is 0.521. The summed E-state index contributed by atoms with van der Waals surface area (Å²) in [6, 6.07) is 3.73. The van der Waals surface area contributed by atoms with Gasteiger partial charge in [0.25, 0.3) is 0 Å². The summed E-state index contributed by atoms with van der Waals surface area (Å²) < 4.78 is 1.91. The molecule has 2 aromatic heterocycles. The van der Waals surface area contributed by atoms with Crippen molar-refractivity contribution >= 4 is 0 Å². The Bertz CT molecular complexity index is 479. The van der Waals surface area contributed by atoms with E-state index in [9.17, 15) is 5.11 Å². The zero-order valence-electron chi connectivity index (χ0n) is 9.46. The number of nitrogens with zero attached hydrogens (tertiary/aromatic N) is 3. The van der Waals surface area contributed by atoms with Crippen molar-refractivity contribution in [3.8, 4) is 0 Å². The molecule has 0 fully saturated rings. The van der Waals surface area contributed by atoms with Crippen molar-refractivity contribution in [1.82, 2.24) is 14.5 Å². The van der Waals surface area contributed by atoms with Crippen LogP contribution in [0.25, 0.3) is 0 Å². The van der Waals surface area contributed by atoms with E-state index in [-0.39, 0.29) is 0 Å². The third-order valence-electron chi connectivity index (χ3n) is 2.60. The molecule has 2 heterocycles. The molecular weight excluding hydrogens is 202 g/mol. The first-order valence-corrected chi connectivity index (χ1v) is 5.23. The van der Waals surface area contributed by atoms with Crippen LogP contribution in [0.4, 0.5) is 0 Å². The minimum atomic E-state index is -0.525. The number of hydrogen-bond donors (Lipinski definition) is 1. The second-order valence-corrected chi connectivity index (χ2v) is 3.90. The molecule has 0 saturated carbocycles. The maximum absolute atomic E-state index is 10.1. The van der Waals surface area contributed by atoms with Crippen LogP contribution in [0.5, 0.6) is 0 Å². The number of rotatable bonds is 3. The number of pyridine rings is 1. The molecule has 2 rings (SSSR count). The van der Waals surface area contributed by atoms with E-state index in [1.165, 1.54) is 0 Å². The molecule has 0 aliphatic carbocycles. The van der Waals surface area contributed by atoms with Crippen LogP contribution < -0.4 is 0 Å². The smallest absolute Gasteiger partial charge is 0.111 e. The van der Waals surface area contributed by atoms with Crippen molar-refractivity contribution in [3.05, 3.63) is 47.8 Å². The quantitative estimate of drug-likeness (QED) is 0.845. The van der Waals surface area contributed by atoms with Gasteiger partial charge >= 0.3 is 0 Å². The summed E-state index contributed by atoms with van der Waals surface area (Å²) in [5.74, 6) is 0.877. The Hall–Kier alpha value is -1.68. The van der Waals surface area contributed by atoms with Gasteiger partial charge in [-0.3, -0.25) is 4.98 Å². The zero-order valence-corrected chi connectivity index (χ0v) is 9.46. The van der Waals surface area contributed by atoms with Gasteiger partial charge in [-0.15, -0.1) is 0 Å². The number of hydrogen-bond acceptors (Lipinski definition) is 3. The Morgan fingerprint density at radius 1 is 1.38 bits per heavy atom. The van der Waals surface area contributed by atoms with Gasteiger partial charge in [0.1, 0.15) is 5.82 Å². The molecule has 1 unspecified atom stereocenters. The molecule has 0 amide bonds. The van der Waals surface area contributed by atoms with Crippen LogP contribution in [0.3, 0.4) is 0 Å². The average molecular weight is 217 g/mol. The van der Waals surface area contributed by atoms with Crippen LogP contribution in [-0.2, 0) is 13.5 Å². The van der Waals surface area contributed by atoms with Gasteiger partial charge in [-0.1, -0.05) is 0 Å².